The van der Waals surface area contributed by atoms with Crippen molar-refractivity contribution in [3.05, 3.63) is 94.8 Å². The molecule has 0 aliphatic carbocycles. The number of likely N-dealkylation sites (tertiary alicyclic amines) is 1. The fourth-order valence-electron chi connectivity index (χ4n) is 4.72. The number of rotatable bonds is 11. The minimum atomic E-state index is -1.14. The van der Waals surface area contributed by atoms with Gasteiger partial charge in [-0.25, -0.2) is 9.18 Å². The molecular formula is C34H44Cl2FN3O5. The third-order valence-electron chi connectivity index (χ3n) is 6.72. The molecule has 1 aliphatic rings. The molecule has 1 N–H and O–H groups in total. The molecule has 3 atom stereocenters. The monoisotopic (exact) mass is 663 g/mol. The number of esters is 1. The minimum absolute atomic E-state index is 0.0955. The van der Waals surface area contributed by atoms with Crippen LogP contribution in [0.1, 0.15) is 38.1 Å². The minimum Gasteiger partial charge on any atom is -0.465 e. The predicted octanol–water partition coefficient (Wildman–Crippen LogP) is 7.51. The van der Waals surface area contributed by atoms with Crippen molar-refractivity contribution in [3.63, 3.8) is 0 Å². The van der Waals surface area contributed by atoms with Crippen LogP contribution < -0.4 is 10.2 Å². The zero-order valence-corrected chi connectivity index (χ0v) is 28.5. The Kier molecular flexibility index (Phi) is 18.0. The van der Waals surface area contributed by atoms with Crippen molar-refractivity contribution in [2.24, 2.45) is 11.8 Å². The van der Waals surface area contributed by atoms with E-state index in [9.17, 15) is 14.4 Å². The van der Waals surface area contributed by atoms with Crippen LogP contribution in [0.15, 0.2) is 84.2 Å². The summed E-state index contributed by atoms with van der Waals surface area (Å²) in [5, 5.41) is 3.43. The van der Waals surface area contributed by atoms with Gasteiger partial charge in [-0.2, -0.15) is 0 Å². The number of benzene rings is 2. The SMILES string of the molecule is C=C(Cl)/C=C\C=C(/F)C1C(C(=O)Nc2cccc(Cl)c2)N(CCOC)C[C@H]1C(=O)N(C)c1ccc(C(=O)OC)cc1.CC.CC. The molecule has 11 heteroatoms. The van der Waals surface area contributed by atoms with E-state index in [4.69, 9.17) is 32.7 Å². The first-order valence-electron chi connectivity index (χ1n) is 14.7. The van der Waals surface area contributed by atoms with Crippen molar-refractivity contribution in [3.8, 4) is 0 Å². The molecular weight excluding hydrogens is 620 g/mol. The van der Waals surface area contributed by atoms with Gasteiger partial charge in [0.25, 0.3) is 0 Å². The van der Waals surface area contributed by atoms with E-state index >= 15 is 4.39 Å². The summed E-state index contributed by atoms with van der Waals surface area (Å²) in [6.07, 6.45) is 3.97. The maximum absolute atomic E-state index is 16.0. The van der Waals surface area contributed by atoms with Gasteiger partial charge in [-0.05, 0) is 54.6 Å². The normalized spacial score (nSPS) is 17.8. The van der Waals surface area contributed by atoms with Crippen LogP contribution in [0.2, 0.25) is 5.02 Å². The molecule has 2 aromatic rings. The highest BCUT2D eigenvalue weighted by atomic mass is 35.5. The van der Waals surface area contributed by atoms with Gasteiger partial charge in [0.05, 0.1) is 31.2 Å². The molecule has 0 radical (unpaired) electrons. The number of hydrogen-bond donors (Lipinski definition) is 1. The molecule has 246 valence electrons. The van der Waals surface area contributed by atoms with Gasteiger partial charge in [0.15, 0.2) is 0 Å². The lowest BCUT2D eigenvalue weighted by Gasteiger charge is -2.27. The Hall–Kier alpha value is -3.50. The summed E-state index contributed by atoms with van der Waals surface area (Å²) in [4.78, 5) is 42.5. The average Bonchev–Trinajstić information content (AvgIpc) is 3.44. The molecule has 45 heavy (non-hydrogen) atoms. The van der Waals surface area contributed by atoms with Gasteiger partial charge in [0, 0.05) is 54.6 Å². The van der Waals surface area contributed by atoms with Crippen molar-refractivity contribution < 1.29 is 28.2 Å². The van der Waals surface area contributed by atoms with Gasteiger partial charge < -0.3 is 19.7 Å². The van der Waals surface area contributed by atoms with Gasteiger partial charge in [-0.15, -0.1) is 0 Å². The Balaban J connectivity index is 0.00000243. The lowest BCUT2D eigenvalue weighted by Crippen LogP contribution is -2.45. The van der Waals surface area contributed by atoms with E-state index in [1.807, 2.05) is 27.7 Å². The van der Waals surface area contributed by atoms with Gasteiger partial charge >= 0.3 is 5.97 Å². The highest BCUT2D eigenvalue weighted by molar-refractivity contribution is 6.31. The number of amides is 2. The molecule has 2 amide bonds. The Bertz CT molecular complexity index is 1330. The van der Waals surface area contributed by atoms with E-state index in [1.54, 1.807) is 48.3 Å². The smallest absolute Gasteiger partial charge is 0.337 e. The molecule has 2 aromatic carbocycles. The molecule has 0 saturated carbocycles. The number of carbonyl (C=O) groups is 3. The first-order valence-corrected chi connectivity index (χ1v) is 15.5. The summed E-state index contributed by atoms with van der Waals surface area (Å²) < 4.78 is 25.9. The van der Waals surface area contributed by atoms with Crippen molar-refractivity contribution in [2.45, 2.75) is 33.7 Å². The van der Waals surface area contributed by atoms with Crippen LogP contribution in [0.25, 0.3) is 0 Å². The number of anilines is 2. The number of nitrogens with zero attached hydrogens (tertiary/aromatic N) is 2. The zero-order chi connectivity index (χ0) is 34.1. The van der Waals surface area contributed by atoms with Crippen molar-refractivity contribution >= 4 is 52.4 Å². The van der Waals surface area contributed by atoms with Gasteiger partial charge in [-0.3, -0.25) is 14.5 Å². The second-order valence-corrected chi connectivity index (χ2v) is 10.3. The summed E-state index contributed by atoms with van der Waals surface area (Å²) in [7, 11) is 4.36. The number of halogens is 3. The average molecular weight is 665 g/mol. The van der Waals surface area contributed by atoms with Crippen molar-refractivity contribution in [1.82, 2.24) is 4.90 Å². The molecule has 0 bridgehead atoms. The molecule has 2 unspecified atom stereocenters. The molecule has 1 fully saturated rings. The fourth-order valence-corrected chi connectivity index (χ4v) is 4.99. The highest BCUT2D eigenvalue weighted by Crippen LogP contribution is 2.38. The molecule has 1 heterocycles. The van der Waals surface area contributed by atoms with Gasteiger partial charge in [-0.1, -0.05) is 69.6 Å². The summed E-state index contributed by atoms with van der Waals surface area (Å²) in [5.41, 5.74) is 1.24. The maximum Gasteiger partial charge on any atom is 0.337 e. The lowest BCUT2D eigenvalue weighted by molar-refractivity contribution is -0.123. The summed E-state index contributed by atoms with van der Waals surface area (Å²) in [6, 6.07) is 11.8. The quantitative estimate of drug-likeness (QED) is 0.198. The second-order valence-electron chi connectivity index (χ2n) is 9.36. The Morgan fingerprint density at radius 2 is 1.76 bits per heavy atom. The van der Waals surface area contributed by atoms with E-state index in [0.29, 0.717) is 22.0 Å². The van der Waals surface area contributed by atoms with Crippen molar-refractivity contribution in [1.29, 1.82) is 0 Å². The summed E-state index contributed by atoms with van der Waals surface area (Å²) in [6.45, 7) is 12.2. The third kappa shape index (κ3) is 11.4. The predicted molar refractivity (Wildman–Crippen MR) is 182 cm³/mol. The number of methoxy groups -OCH3 is 2. The van der Waals surface area contributed by atoms with Crippen LogP contribution in [0, 0.1) is 11.8 Å². The van der Waals surface area contributed by atoms with Crippen LogP contribution in [-0.4, -0.2) is 69.7 Å². The molecule has 8 nitrogen and oxygen atoms in total. The number of ether oxygens (including phenoxy) is 2. The third-order valence-corrected chi connectivity index (χ3v) is 7.08. The van der Waals surface area contributed by atoms with Crippen LogP contribution in [0.4, 0.5) is 15.8 Å². The second kappa shape index (κ2) is 20.5. The van der Waals surface area contributed by atoms with E-state index in [1.165, 1.54) is 49.5 Å². The number of hydrogen-bond acceptors (Lipinski definition) is 6. The van der Waals surface area contributed by atoms with E-state index in [-0.39, 0.29) is 24.7 Å². The molecule has 0 aromatic heterocycles. The number of nitrogens with one attached hydrogen (secondary N) is 1. The highest BCUT2D eigenvalue weighted by Gasteiger charge is 2.51. The zero-order valence-electron chi connectivity index (χ0n) is 27.0. The van der Waals surface area contributed by atoms with Gasteiger partial charge in [0.1, 0.15) is 5.83 Å². The Morgan fingerprint density at radius 1 is 1.11 bits per heavy atom. The summed E-state index contributed by atoms with van der Waals surface area (Å²) >= 11 is 11.9. The van der Waals surface area contributed by atoms with Crippen LogP contribution >= 0.6 is 23.2 Å². The van der Waals surface area contributed by atoms with Crippen LogP contribution in [-0.2, 0) is 19.1 Å². The molecule has 0 spiro atoms. The standard InChI is InChI=1S/C30H32Cl2FN3O5.2C2H6/c1-19(31)7-5-10-25(33)26-24(29(38)35(2)23-13-11-20(12-14-23)30(39)41-4)18-36(15-16-40-3)27(26)28(37)34-22-9-6-8-21(32)17-22;2*1-2/h5-14,17,24,26-27H,1,15-16,18H2,2-4H3,(H,34,37);2*1-2H3/b7-5-,25-10-;;/t24-,26?,27?;;/m1../s1. The summed E-state index contributed by atoms with van der Waals surface area (Å²) in [5.74, 6) is -4.15. The Morgan fingerprint density at radius 3 is 2.31 bits per heavy atom. The molecule has 1 saturated heterocycles. The van der Waals surface area contributed by atoms with E-state index in [2.05, 4.69) is 11.9 Å². The largest absolute Gasteiger partial charge is 0.465 e. The van der Waals surface area contributed by atoms with Gasteiger partial charge in [0.2, 0.25) is 11.8 Å². The van der Waals surface area contributed by atoms with E-state index < -0.39 is 41.5 Å². The topological polar surface area (TPSA) is 88.2 Å². The van der Waals surface area contributed by atoms with Crippen LogP contribution in [0.5, 0.6) is 0 Å². The molecule has 3 rings (SSSR count). The number of carbonyl (C=O) groups excluding carboxylic acids is 3. The van der Waals surface area contributed by atoms with E-state index in [0.717, 1.165) is 0 Å². The first-order chi connectivity index (χ1) is 21.6. The van der Waals surface area contributed by atoms with Crippen LogP contribution in [0.3, 0.4) is 0 Å². The number of allylic oxidation sites excluding steroid dienone is 4. The fraction of sp³-hybridized carbons (Fsp3) is 0.382. The maximum atomic E-state index is 16.0. The first kappa shape index (κ1) is 39.5. The van der Waals surface area contributed by atoms with Crippen molar-refractivity contribution in [2.75, 3.05) is 51.2 Å². The molecule has 1 aliphatic heterocycles. The lowest BCUT2D eigenvalue weighted by atomic mass is 9.87. The Labute approximate surface area is 276 Å².